The number of likely N-dealkylation sites (tertiary alicyclic amines) is 2. The molecule has 1 N–H and O–H groups in total. The summed E-state index contributed by atoms with van der Waals surface area (Å²) >= 11 is 7.23. The second-order valence-electron chi connectivity index (χ2n) is 9.82. The standard InChI is InChI=1S/C23H34Br2N2O2/c1-16-5-3-7-26(11-16)13-23(14-27-8-4-6-17(2)12-27)15-29-21-19(22(23)28)9-18(24)10-20(21)25/h9-10,16-17,22,28H,3-8,11-15H2,1-2H3. The maximum atomic E-state index is 11.7. The third-order valence-electron chi connectivity index (χ3n) is 6.97. The Bertz CT molecular complexity index is 705. The van der Waals surface area contributed by atoms with Crippen LogP contribution in [-0.4, -0.2) is 60.8 Å². The van der Waals surface area contributed by atoms with E-state index in [1.54, 1.807) is 0 Å². The largest absolute Gasteiger partial charge is 0.491 e. The van der Waals surface area contributed by atoms with Crippen molar-refractivity contribution in [2.24, 2.45) is 17.3 Å². The Hall–Kier alpha value is -0.140. The third kappa shape index (κ3) is 4.87. The Labute approximate surface area is 192 Å². The molecule has 1 aromatic carbocycles. The number of hydrogen-bond acceptors (Lipinski definition) is 4. The molecule has 0 spiro atoms. The van der Waals surface area contributed by atoms with Crippen molar-refractivity contribution < 1.29 is 9.84 Å². The molecule has 3 unspecified atom stereocenters. The summed E-state index contributed by atoms with van der Waals surface area (Å²) in [5.74, 6) is 2.26. The Morgan fingerprint density at radius 1 is 1.03 bits per heavy atom. The van der Waals surface area contributed by atoms with Gasteiger partial charge < -0.3 is 19.6 Å². The molecule has 0 saturated carbocycles. The van der Waals surface area contributed by atoms with E-state index in [0.29, 0.717) is 6.61 Å². The topological polar surface area (TPSA) is 35.9 Å². The summed E-state index contributed by atoms with van der Waals surface area (Å²) in [6.07, 6.45) is 4.60. The molecule has 2 saturated heterocycles. The van der Waals surface area contributed by atoms with E-state index in [2.05, 4.69) is 55.5 Å². The van der Waals surface area contributed by atoms with Gasteiger partial charge >= 0.3 is 0 Å². The maximum Gasteiger partial charge on any atom is 0.139 e. The van der Waals surface area contributed by atoms with E-state index in [-0.39, 0.29) is 5.41 Å². The summed E-state index contributed by atoms with van der Waals surface area (Å²) < 4.78 is 8.23. The first-order valence-corrected chi connectivity index (χ1v) is 12.7. The van der Waals surface area contributed by atoms with Gasteiger partial charge in [-0.3, -0.25) is 0 Å². The molecule has 3 aliphatic heterocycles. The molecular formula is C23H34Br2N2O2. The fourth-order valence-corrected chi connectivity index (χ4v) is 7.00. The van der Waals surface area contributed by atoms with Crippen molar-refractivity contribution in [1.29, 1.82) is 0 Å². The van der Waals surface area contributed by atoms with Gasteiger partial charge in [-0.25, -0.2) is 0 Å². The highest BCUT2D eigenvalue weighted by Gasteiger charge is 2.47. The monoisotopic (exact) mass is 528 g/mol. The zero-order valence-corrected chi connectivity index (χ0v) is 20.8. The van der Waals surface area contributed by atoms with Gasteiger partial charge in [0.25, 0.3) is 0 Å². The summed E-state index contributed by atoms with van der Waals surface area (Å²) in [5, 5.41) is 11.7. The molecule has 0 radical (unpaired) electrons. The number of piperidine rings is 2. The molecule has 0 aliphatic carbocycles. The molecule has 1 aromatic rings. The van der Waals surface area contributed by atoms with E-state index in [0.717, 1.165) is 71.4 Å². The van der Waals surface area contributed by atoms with E-state index < -0.39 is 6.10 Å². The lowest BCUT2D eigenvalue weighted by atomic mass is 9.75. The lowest BCUT2D eigenvalue weighted by Crippen LogP contribution is -2.56. The predicted molar refractivity (Wildman–Crippen MR) is 124 cm³/mol. The molecule has 4 rings (SSSR count). The van der Waals surface area contributed by atoms with E-state index in [1.165, 1.54) is 25.7 Å². The molecule has 0 amide bonds. The number of benzene rings is 1. The highest BCUT2D eigenvalue weighted by molar-refractivity contribution is 9.11. The van der Waals surface area contributed by atoms with Crippen LogP contribution in [0, 0.1) is 17.3 Å². The van der Waals surface area contributed by atoms with E-state index in [1.807, 2.05) is 12.1 Å². The van der Waals surface area contributed by atoms with Gasteiger partial charge in [0, 0.05) is 36.2 Å². The van der Waals surface area contributed by atoms with Crippen LogP contribution in [0.1, 0.15) is 51.2 Å². The predicted octanol–water partition coefficient (Wildman–Crippen LogP) is 5.09. The average molecular weight is 530 g/mol. The molecule has 29 heavy (non-hydrogen) atoms. The van der Waals surface area contributed by atoms with Crippen LogP contribution in [0.4, 0.5) is 0 Å². The molecule has 6 heteroatoms. The highest BCUT2D eigenvalue weighted by Crippen LogP contribution is 2.48. The molecule has 2 fully saturated rings. The van der Waals surface area contributed by atoms with E-state index in [4.69, 9.17) is 4.74 Å². The number of nitrogens with zero attached hydrogens (tertiary/aromatic N) is 2. The lowest BCUT2D eigenvalue weighted by molar-refractivity contribution is -0.0791. The van der Waals surface area contributed by atoms with Crippen molar-refractivity contribution >= 4 is 31.9 Å². The number of hydrogen-bond donors (Lipinski definition) is 1. The van der Waals surface area contributed by atoms with Crippen molar-refractivity contribution in [3.63, 3.8) is 0 Å². The fraction of sp³-hybridized carbons (Fsp3) is 0.739. The quantitative estimate of drug-likeness (QED) is 0.589. The Morgan fingerprint density at radius 2 is 1.62 bits per heavy atom. The van der Waals surface area contributed by atoms with Gasteiger partial charge in [-0.15, -0.1) is 0 Å². The molecule has 4 nitrogen and oxygen atoms in total. The lowest BCUT2D eigenvalue weighted by Gasteiger charge is -2.49. The molecule has 3 aliphatic rings. The second kappa shape index (κ2) is 9.15. The number of fused-ring (bicyclic) bond motifs is 1. The molecule has 3 atom stereocenters. The zero-order valence-electron chi connectivity index (χ0n) is 17.7. The van der Waals surface area contributed by atoms with Crippen molar-refractivity contribution in [2.75, 3.05) is 45.9 Å². The van der Waals surface area contributed by atoms with E-state index >= 15 is 0 Å². The first-order chi connectivity index (χ1) is 13.9. The van der Waals surface area contributed by atoms with Crippen LogP contribution in [0.5, 0.6) is 5.75 Å². The van der Waals surface area contributed by atoms with Gasteiger partial charge in [0.15, 0.2) is 0 Å². The number of aliphatic hydroxyl groups is 1. The number of ether oxygens (including phenoxy) is 1. The van der Waals surface area contributed by atoms with Crippen LogP contribution in [0.25, 0.3) is 0 Å². The van der Waals surface area contributed by atoms with Crippen molar-refractivity contribution in [2.45, 2.75) is 45.6 Å². The second-order valence-corrected chi connectivity index (χ2v) is 11.6. The number of halogens is 2. The summed E-state index contributed by atoms with van der Waals surface area (Å²) in [4.78, 5) is 5.15. The molecular weight excluding hydrogens is 496 g/mol. The summed E-state index contributed by atoms with van der Waals surface area (Å²) in [5.41, 5.74) is 0.606. The van der Waals surface area contributed by atoms with Crippen molar-refractivity contribution in [3.05, 3.63) is 26.6 Å². The SMILES string of the molecule is CC1CCCN(CC2(CN3CCCC(C)C3)COc3c(Br)cc(Br)cc3C2O)C1. The first-order valence-electron chi connectivity index (χ1n) is 11.1. The maximum absolute atomic E-state index is 11.7. The van der Waals surface area contributed by atoms with Crippen LogP contribution < -0.4 is 4.74 Å². The van der Waals surface area contributed by atoms with Crippen LogP contribution in [-0.2, 0) is 0 Å². The summed E-state index contributed by atoms with van der Waals surface area (Å²) in [7, 11) is 0. The Kier molecular flexibility index (Phi) is 6.97. The van der Waals surface area contributed by atoms with Crippen LogP contribution >= 0.6 is 31.9 Å². The van der Waals surface area contributed by atoms with Gasteiger partial charge in [0.05, 0.1) is 22.6 Å². The molecule has 162 valence electrons. The van der Waals surface area contributed by atoms with Crippen molar-refractivity contribution in [3.8, 4) is 5.75 Å². The summed E-state index contributed by atoms with van der Waals surface area (Å²) in [6.45, 7) is 11.6. The van der Waals surface area contributed by atoms with Gasteiger partial charge in [-0.2, -0.15) is 0 Å². The third-order valence-corrected chi connectivity index (χ3v) is 8.02. The van der Waals surface area contributed by atoms with Gasteiger partial charge in [0.1, 0.15) is 5.75 Å². The van der Waals surface area contributed by atoms with Crippen molar-refractivity contribution in [1.82, 2.24) is 9.80 Å². The van der Waals surface area contributed by atoms with Crippen LogP contribution in [0.3, 0.4) is 0 Å². The molecule has 0 aromatic heterocycles. The van der Waals surface area contributed by atoms with Gasteiger partial charge in [-0.05, 0) is 78.7 Å². The fourth-order valence-electron chi connectivity index (χ4n) is 5.63. The Balaban J connectivity index is 1.64. The normalized spacial score (nSPS) is 33.9. The smallest absolute Gasteiger partial charge is 0.139 e. The van der Waals surface area contributed by atoms with E-state index in [9.17, 15) is 5.11 Å². The van der Waals surface area contributed by atoms with Crippen LogP contribution in [0.15, 0.2) is 21.1 Å². The van der Waals surface area contributed by atoms with Gasteiger partial charge in [0.2, 0.25) is 0 Å². The van der Waals surface area contributed by atoms with Crippen LogP contribution in [0.2, 0.25) is 0 Å². The highest BCUT2D eigenvalue weighted by atomic mass is 79.9. The Morgan fingerprint density at radius 3 is 2.17 bits per heavy atom. The minimum Gasteiger partial charge on any atom is -0.491 e. The zero-order chi connectivity index (χ0) is 20.6. The number of aliphatic hydroxyl groups excluding tert-OH is 1. The molecule has 0 bridgehead atoms. The first kappa shape index (κ1) is 22.1. The summed E-state index contributed by atoms with van der Waals surface area (Å²) in [6, 6.07) is 4.04. The average Bonchev–Trinajstić information content (AvgIpc) is 2.65. The minimum atomic E-state index is -0.533. The minimum absolute atomic E-state index is 0.304. The number of rotatable bonds is 4. The van der Waals surface area contributed by atoms with Gasteiger partial charge in [-0.1, -0.05) is 29.8 Å². The molecule has 3 heterocycles.